The van der Waals surface area contributed by atoms with Crippen molar-refractivity contribution in [1.82, 2.24) is 25.1 Å². The highest BCUT2D eigenvalue weighted by Crippen LogP contribution is 2.25. The zero-order chi connectivity index (χ0) is 22.9. The third-order valence-electron chi connectivity index (χ3n) is 6.13. The van der Waals surface area contributed by atoms with Gasteiger partial charge in [-0.3, -0.25) is 14.7 Å². The van der Waals surface area contributed by atoms with Crippen molar-refractivity contribution in [3.05, 3.63) is 70.7 Å². The molecule has 0 saturated carbocycles. The molecule has 1 saturated heterocycles. The summed E-state index contributed by atoms with van der Waals surface area (Å²) < 4.78 is 5.35. The van der Waals surface area contributed by atoms with E-state index in [0.717, 1.165) is 39.1 Å². The van der Waals surface area contributed by atoms with E-state index in [1.165, 1.54) is 0 Å². The molecule has 0 unspecified atom stereocenters. The van der Waals surface area contributed by atoms with Gasteiger partial charge in [-0.15, -0.1) is 0 Å². The lowest BCUT2D eigenvalue weighted by atomic mass is 10.0. The molecule has 33 heavy (non-hydrogen) atoms. The minimum Gasteiger partial charge on any atom is -0.378 e. The number of carbonyl (C=O) groups is 2. The molecule has 3 aromatic heterocycles. The van der Waals surface area contributed by atoms with Gasteiger partial charge in [0.25, 0.3) is 5.91 Å². The second-order valence-corrected chi connectivity index (χ2v) is 8.37. The third kappa shape index (κ3) is 4.17. The molecule has 1 fully saturated rings. The predicted molar refractivity (Wildman–Crippen MR) is 124 cm³/mol. The molecule has 0 aliphatic carbocycles. The van der Waals surface area contributed by atoms with E-state index >= 15 is 0 Å². The van der Waals surface area contributed by atoms with Gasteiger partial charge < -0.3 is 14.6 Å². The molecule has 2 N–H and O–H groups in total. The van der Waals surface area contributed by atoms with Gasteiger partial charge in [0.15, 0.2) is 5.78 Å². The third-order valence-corrected chi connectivity index (χ3v) is 6.13. The first-order chi connectivity index (χ1) is 16.0. The molecule has 1 amide bonds. The highest BCUT2D eigenvalue weighted by atomic mass is 16.5. The van der Waals surface area contributed by atoms with E-state index in [-0.39, 0.29) is 18.1 Å². The lowest BCUT2D eigenvalue weighted by molar-refractivity contribution is 0.0303. The van der Waals surface area contributed by atoms with Gasteiger partial charge in [-0.05, 0) is 49.2 Å². The van der Waals surface area contributed by atoms with Crippen LogP contribution in [0.25, 0.3) is 22.3 Å². The number of carbonyl (C=O) groups excluding carboxylic acids is 2. The Morgan fingerprint density at radius 1 is 1.12 bits per heavy atom. The fraction of sp³-hybridized carbons (Fsp3) is 0.280. The van der Waals surface area contributed by atoms with Crippen molar-refractivity contribution in [2.75, 3.05) is 26.3 Å². The molecule has 4 heterocycles. The molecule has 8 nitrogen and oxygen atoms in total. The summed E-state index contributed by atoms with van der Waals surface area (Å²) in [4.78, 5) is 35.2. The fourth-order valence-electron chi connectivity index (χ4n) is 4.11. The molecule has 0 spiro atoms. The summed E-state index contributed by atoms with van der Waals surface area (Å²) in [5.41, 5.74) is 6.25. The summed E-state index contributed by atoms with van der Waals surface area (Å²) in [7, 11) is 0. The summed E-state index contributed by atoms with van der Waals surface area (Å²) in [6, 6.07) is 11.6. The van der Waals surface area contributed by atoms with E-state index in [9.17, 15) is 9.59 Å². The number of nitrogens with one attached hydrogen (secondary N) is 2. The second-order valence-electron chi connectivity index (χ2n) is 8.37. The minimum atomic E-state index is -0.0388. The number of aryl methyl sites for hydroxylation is 1. The average molecular weight is 444 g/mol. The van der Waals surface area contributed by atoms with Crippen LogP contribution in [0.15, 0.2) is 42.6 Å². The largest absolute Gasteiger partial charge is 0.378 e. The topological polar surface area (TPSA) is 104 Å². The summed E-state index contributed by atoms with van der Waals surface area (Å²) in [5, 5.41) is 7.91. The zero-order valence-electron chi connectivity index (χ0n) is 18.6. The Morgan fingerprint density at radius 2 is 1.94 bits per heavy atom. The van der Waals surface area contributed by atoms with E-state index < -0.39 is 0 Å². The summed E-state index contributed by atoms with van der Waals surface area (Å²) >= 11 is 0. The molecule has 5 rings (SSSR count). The highest BCUT2D eigenvalue weighted by Gasteiger charge is 2.19. The molecule has 0 bridgehead atoms. The maximum Gasteiger partial charge on any atom is 0.254 e. The van der Waals surface area contributed by atoms with Crippen LogP contribution in [-0.2, 0) is 11.2 Å². The standard InChI is InChI=1S/C25H25N5O3/c1-15-16(2)28-29-23(15)22(31)11-17-10-20-13-21(27-24(20)26-14-17)18-4-3-5-19(12-18)25(32)30-6-8-33-9-7-30/h3-5,10,12-14H,6-9,11H2,1-2H3,(H,26,27)(H,28,29). The number of H-pyrrole nitrogens is 2. The molecule has 168 valence electrons. The van der Waals surface area contributed by atoms with Crippen molar-refractivity contribution in [2.24, 2.45) is 0 Å². The van der Waals surface area contributed by atoms with E-state index in [2.05, 4.69) is 20.2 Å². The molecule has 1 aromatic carbocycles. The van der Waals surface area contributed by atoms with Crippen LogP contribution in [0.5, 0.6) is 0 Å². The van der Waals surface area contributed by atoms with Gasteiger partial charge in [-0.2, -0.15) is 5.10 Å². The first-order valence-corrected chi connectivity index (χ1v) is 11.0. The first kappa shape index (κ1) is 21.1. The van der Waals surface area contributed by atoms with Gasteiger partial charge in [0.2, 0.25) is 0 Å². The molecule has 0 atom stereocenters. The van der Waals surface area contributed by atoms with Crippen LogP contribution in [0.1, 0.15) is 37.7 Å². The van der Waals surface area contributed by atoms with Crippen LogP contribution in [0.3, 0.4) is 0 Å². The number of ether oxygens (including phenoxy) is 1. The number of pyridine rings is 1. The number of hydrogen-bond donors (Lipinski definition) is 2. The number of rotatable bonds is 5. The molecule has 0 radical (unpaired) electrons. The van der Waals surface area contributed by atoms with Crippen molar-refractivity contribution in [1.29, 1.82) is 0 Å². The normalized spacial score (nSPS) is 14.1. The number of amides is 1. The number of aromatic amines is 2. The maximum absolute atomic E-state index is 12.9. The lowest BCUT2D eigenvalue weighted by Gasteiger charge is -2.27. The van der Waals surface area contributed by atoms with Crippen LogP contribution >= 0.6 is 0 Å². The SMILES string of the molecule is Cc1[nH]nc(C(=O)Cc2cnc3[nH]c(-c4cccc(C(=O)N5CCOCC5)c4)cc3c2)c1C. The van der Waals surface area contributed by atoms with Crippen molar-refractivity contribution in [2.45, 2.75) is 20.3 Å². The van der Waals surface area contributed by atoms with E-state index in [0.29, 0.717) is 37.6 Å². The van der Waals surface area contributed by atoms with Gasteiger partial charge in [0.05, 0.1) is 13.2 Å². The Kier molecular flexibility index (Phi) is 5.51. The average Bonchev–Trinajstić information content (AvgIpc) is 3.42. The van der Waals surface area contributed by atoms with E-state index in [4.69, 9.17) is 4.74 Å². The molecular formula is C25H25N5O3. The van der Waals surface area contributed by atoms with Crippen LogP contribution in [0, 0.1) is 13.8 Å². The van der Waals surface area contributed by atoms with Gasteiger partial charge in [-0.25, -0.2) is 4.98 Å². The summed E-state index contributed by atoms with van der Waals surface area (Å²) in [6.07, 6.45) is 1.95. The first-order valence-electron chi connectivity index (χ1n) is 11.0. The quantitative estimate of drug-likeness (QED) is 0.460. The number of aromatic nitrogens is 4. The Labute approximate surface area is 191 Å². The van der Waals surface area contributed by atoms with Crippen LogP contribution in [0.4, 0.5) is 0 Å². The molecule has 8 heteroatoms. The maximum atomic E-state index is 12.9. The smallest absolute Gasteiger partial charge is 0.254 e. The van der Waals surface area contributed by atoms with Crippen LogP contribution in [-0.4, -0.2) is 63.1 Å². The molecule has 4 aromatic rings. The van der Waals surface area contributed by atoms with Gasteiger partial charge in [0, 0.05) is 53.6 Å². The monoisotopic (exact) mass is 443 g/mol. The Bertz CT molecular complexity index is 1350. The number of fused-ring (bicyclic) bond motifs is 1. The Balaban J connectivity index is 1.38. The number of hydrogen-bond acceptors (Lipinski definition) is 5. The number of morpholine rings is 1. The van der Waals surface area contributed by atoms with Gasteiger partial charge in [-0.1, -0.05) is 12.1 Å². The van der Waals surface area contributed by atoms with Gasteiger partial charge in [0.1, 0.15) is 11.3 Å². The van der Waals surface area contributed by atoms with E-state index in [1.54, 1.807) is 6.20 Å². The number of nitrogens with zero attached hydrogens (tertiary/aromatic N) is 3. The van der Waals surface area contributed by atoms with Gasteiger partial charge >= 0.3 is 0 Å². The molecule has 1 aliphatic rings. The Morgan fingerprint density at radius 3 is 2.70 bits per heavy atom. The molecule has 1 aliphatic heterocycles. The fourth-order valence-corrected chi connectivity index (χ4v) is 4.11. The zero-order valence-corrected chi connectivity index (χ0v) is 18.6. The lowest BCUT2D eigenvalue weighted by Crippen LogP contribution is -2.40. The Hall–Kier alpha value is -3.78. The van der Waals surface area contributed by atoms with Crippen molar-refractivity contribution in [3.8, 4) is 11.3 Å². The second kappa shape index (κ2) is 8.63. The number of ketones is 1. The number of Topliss-reactive ketones (excluding diaryl/α,β-unsaturated/α-hetero) is 1. The predicted octanol–water partition coefficient (Wildman–Crippen LogP) is 3.47. The summed E-state index contributed by atoms with van der Waals surface area (Å²) in [5.74, 6) is -0.0258. The number of benzene rings is 1. The van der Waals surface area contributed by atoms with Crippen LogP contribution in [0.2, 0.25) is 0 Å². The minimum absolute atomic E-state index is 0.0130. The van der Waals surface area contributed by atoms with Crippen LogP contribution < -0.4 is 0 Å². The molecular weight excluding hydrogens is 418 g/mol. The summed E-state index contributed by atoms with van der Waals surface area (Å²) in [6.45, 7) is 6.16. The van der Waals surface area contributed by atoms with E-state index in [1.807, 2.05) is 55.1 Å². The van der Waals surface area contributed by atoms with Crippen molar-refractivity contribution < 1.29 is 14.3 Å². The van der Waals surface area contributed by atoms with Crippen molar-refractivity contribution in [3.63, 3.8) is 0 Å². The van der Waals surface area contributed by atoms with Crippen molar-refractivity contribution >= 4 is 22.7 Å². The highest BCUT2D eigenvalue weighted by molar-refractivity contribution is 5.98.